The maximum Gasteiger partial charge on any atom is 0.170 e. The average Bonchev–Trinajstić information content (AvgIpc) is 3.33. The summed E-state index contributed by atoms with van der Waals surface area (Å²) in [7, 11) is -0.347. The van der Waals surface area contributed by atoms with Crippen LogP contribution in [0.5, 0.6) is 5.75 Å². The number of rotatable bonds is 6. The van der Waals surface area contributed by atoms with E-state index in [2.05, 4.69) is 54.6 Å². The fraction of sp³-hybridized carbons (Fsp3) is 0.379. The van der Waals surface area contributed by atoms with Crippen molar-refractivity contribution in [3.05, 3.63) is 84.7 Å². The molecule has 0 bridgehead atoms. The summed E-state index contributed by atoms with van der Waals surface area (Å²) in [5.74, 6) is 0.779. The molecule has 0 saturated heterocycles. The first-order chi connectivity index (χ1) is 15.8. The molecule has 3 aromatic carbocycles. The maximum atomic E-state index is 15.5. The number of benzene rings is 3. The Bertz CT molecular complexity index is 968. The molecule has 0 aromatic heterocycles. The normalized spacial score (nSPS) is 18.7. The molecule has 0 aliphatic heterocycles. The minimum Gasteiger partial charge on any atom is -0.484 e. The van der Waals surface area contributed by atoms with Crippen molar-refractivity contribution in [2.24, 2.45) is 5.92 Å². The second-order valence-corrected chi connectivity index (χ2v) is 11.3. The summed E-state index contributed by atoms with van der Waals surface area (Å²) in [6.45, 7) is 0. The Morgan fingerprint density at radius 2 is 1.28 bits per heavy atom. The van der Waals surface area contributed by atoms with Crippen LogP contribution in [0, 0.1) is 11.7 Å². The molecule has 2 saturated carbocycles. The van der Waals surface area contributed by atoms with E-state index < -0.39 is 0 Å². The van der Waals surface area contributed by atoms with Crippen LogP contribution >= 0.6 is 0 Å². The largest absolute Gasteiger partial charge is 0.484 e. The fourth-order valence-corrected chi connectivity index (χ4v) is 7.73. The molecule has 1 nitrogen and oxygen atoms in total. The first kappa shape index (κ1) is 21.6. The first-order valence-corrected chi connectivity index (χ1v) is 13.3. The Morgan fingerprint density at radius 3 is 1.84 bits per heavy atom. The van der Waals surface area contributed by atoms with E-state index in [1.807, 2.05) is 18.2 Å². The summed E-state index contributed by atoms with van der Waals surface area (Å²) in [5, 5.41) is 0. The molecular weight excluding hydrogens is 415 g/mol. The molecule has 2 fully saturated rings. The van der Waals surface area contributed by atoms with Gasteiger partial charge in [-0.2, -0.15) is 0 Å². The summed E-state index contributed by atoms with van der Waals surface area (Å²) in [4.78, 5) is 3.38. The molecule has 0 amide bonds. The number of hydrogen-bond acceptors (Lipinski definition) is 1. The van der Waals surface area contributed by atoms with Crippen molar-refractivity contribution in [3.63, 3.8) is 0 Å². The van der Waals surface area contributed by atoms with E-state index in [1.54, 1.807) is 6.07 Å². The SMILES string of the molecule is Fc1cc([S+](c2ccccc2)c2ccccc2)ccc1OC1(C2CCCCC2)CCCC1. The van der Waals surface area contributed by atoms with E-state index in [9.17, 15) is 0 Å². The number of ether oxygens (including phenoxy) is 1. The highest BCUT2D eigenvalue weighted by Crippen LogP contribution is 2.46. The zero-order chi connectivity index (χ0) is 21.8. The Balaban J connectivity index is 1.46. The second kappa shape index (κ2) is 9.70. The molecule has 0 radical (unpaired) electrons. The van der Waals surface area contributed by atoms with Gasteiger partial charge in [0.05, 0.1) is 10.9 Å². The molecule has 3 heteroatoms. The number of hydrogen-bond donors (Lipinski definition) is 0. The van der Waals surface area contributed by atoms with E-state index >= 15 is 4.39 Å². The topological polar surface area (TPSA) is 9.23 Å². The van der Waals surface area contributed by atoms with Crippen molar-refractivity contribution in [2.45, 2.75) is 78.1 Å². The number of halogens is 1. The molecule has 2 aliphatic rings. The third kappa shape index (κ3) is 4.45. The van der Waals surface area contributed by atoms with Crippen LogP contribution < -0.4 is 4.74 Å². The molecule has 5 rings (SSSR count). The molecule has 2 aliphatic carbocycles. The quantitative estimate of drug-likeness (QED) is 0.346. The molecule has 0 N–H and O–H groups in total. The van der Waals surface area contributed by atoms with Crippen LogP contribution in [0.2, 0.25) is 0 Å². The van der Waals surface area contributed by atoms with Crippen molar-refractivity contribution < 1.29 is 9.13 Å². The van der Waals surface area contributed by atoms with E-state index in [0.29, 0.717) is 11.7 Å². The van der Waals surface area contributed by atoms with Gasteiger partial charge in [-0.25, -0.2) is 4.39 Å². The molecule has 0 spiro atoms. The van der Waals surface area contributed by atoms with Crippen LogP contribution in [0.4, 0.5) is 4.39 Å². The average molecular weight is 448 g/mol. The van der Waals surface area contributed by atoms with Gasteiger partial charge in [-0.1, -0.05) is 55.7 Å². The van der Waals surface area contributed by atoms with Crippen molar-refractivity contribution in [2.75, 3.05) is 0 Å². The van der Waals surface area contributed by atoms with E-state index in [1.165, 1.54) is 54.7 Å². The predicted molar refractivity (Wildman–Crippen MR) is 130 cm³/mol. The summed E-state index contributed by atoms with van der Waals surface area (Å²) in [6, 6.07) is 26.5. The molecule has 3 aromatic rings. The maximum absolute atomic E-state index is 15.5. The first-order valence-electron chi connectivity index (χ1n) is 12.1. The standard InChI is InChI=1S/C29H32FOS/c30-27-22-26(32(24-14-6-2-7-15-24)25-16-8-3-9-17-25)18-19-28(27)31-29(20-10-11-21-29)23-12-4-1-5-13-23/h2-3,6-9,14-19,22-23H,1,4-5,10-13,20-21H2/q+1. The van der Waals surface area contributed by atoms with Crippen molar-refractivity contribution >= 4 is 10.9 Å². The molecular formula is C29H32FOS+. The molecule has 0 heterocycles. The van der Waals surface area contributed by atoms with Gasteiger partial charge < -0.3 is 4.74 Å². The molecule has 166 valence electrons. The summed E-state index contributed by atoms with van der Waals surface area (Å²) in [5.41, 5.74) is -0.163. The highest BCUT2D eigenvalue weighted by Gasteiger charge is 2.44. The van der Waals surface area contributed by atoms with Gasteiger partial charge in [-0.05, 0) is 80.8 Å². The predicted octanol–water partition coefficient (Wildman–Crippen LogP) is 8.19. The van der Waals surface area contributed by atoms with Crippen LogP contribution in [-0.4, -0.2) is 5.60 Å². The van der Waals surface area contributed by atoms with Gasteiger partial charge in [-0.15, -0.1) is 0 Å². The lowest BCUT2D eigenvalue weighted by atomic mass is 9.75. The van der Waals surface area contributed by atoms with Crippen molar-refractivity contribution in [3.8, 4) is 5.75 Å². The molecule has 32 heavy (non-hydrogen) atoms. The van der Waals surface area contributed by atoms with Gasteiger partial charge in [0, 0.05) is 6.07 Å². The van der Waals surface area contributed by atoms with Crippen molar-refractivity contribution in [1.82, 2.24) is 0 Å². The van der Waals surface area contributed by atoms with E-state index in [-0.39, 0.29) is 22.3 Å². The Morgan fingerprint density at radius 1 is 0.688 bits per heavy atom. The lowest BCUT2D eigenvalue weighted by Gasteiger charge is -2.40. The van der Waals surface area contributed by atoms with Crippen LogP contribution in [0.1, 0.15) is 57.8 Å². The molecule has 0 unspecified atom stereocenters. The lowest BCUT2D eigenvalue weighted by Crippen LogP contribution is -2.42. The lowest BCUT2D eigenvalue weighted by molar-refractivity contribution is -0.00544. The van der Waals surface area contributed by atoms with Gasteiger partial charge in [0.15, 0.2) is 26.3 Å². The minimum absolute atomic E-state index is 0.163. The third-order valence-corrected chi connectivity index (χ3v) is 9.42. The van der Waals surface area contributed by atoms with Crippen molar-refractivity contribution in [1.29, 1.82) is 0 Å². The zero-order valence-corrected chi connectivity index (χ0v) is 19.5. The summed E-state index contributed by atoms with van der Waals surface area (Å²) >= 11 is 0. The smallest absolute Gasteiger partial charge is 0.170 e. The van der Waals surface area contributed by atoms with E-state index in [0.717, 1.165) is 17.7 Å². The monoisotopic (exact) mass is 447 g/mol. The van der Waals surface area contributed by atoms with Gasteiger partial charge in [0.25, 0.3) is 0 Å². The second-order valence-electron chi connectivity index (χ2n) is 9.23. The third-order valence-electron chi connectivity index (χ3n) is 7.21. The summed E-state index contributed by atoms with van der Waals surface area (Å²) < 4.78 is 22.1. The van der Waals surface area contributed by atoms with Gasteiger partial charge in [-0.3, -0.25) is 0 Å². The summed E-state index contributed by atoms with van der Waals surface area (Å²) in [6.07, 6.45) is 10.9. The van der Waals surface area contributed by atoms with E-state index in [4.69, 9.17) is 4.74 Å². The van der Waals surface area contributed by atoms with Crippen LogP contribution in [0.15, 0.2) is 93.5 Å². The highest BCUT2D eigenvalue weighted by molar-refractivity contribution is 7.97. The van der Waals surface area contributed by atoms with Crippen LogP contribution in [0.3, 0.4) is 0 Å². The van der Waals surface area contributed by atoms with Gasteiger partial charge >= 0.3 is 0 Å². The minimum atomic E-state index is -0.347. The van der Waals surface area contributed by atoms with Crippen LogP contribution in [-0.2, 0) is 10.9 Å². The van der Waals surface area contributed by atoms with Gasteiger partial charge in [0.2, 0.25) is 0 Å². The Hall–Kier alpha value is -2.26. The highest BCUT2D eigenvalue weighted by atomic mass is 32.2. The molecule has 0 atom stereocenters. The Kier molecular flexibility index (Phi) is 6.54. The Labute approximate surface area is 194 Å². The van der Waals surface area contributed by atoms with Crippen LogP contribution in [0.25, 0.3) is 0 Å². The zero-order valence-electron chi connectivity index (χ0n) is 18.6. The van der Waals surface area contributed by atoms with Gasteiger partial charge in [0.1, 0.15) is 5.60 Å². The fourth-order valence-electron chi connectivity index (χ4n) is 5.63.